The number of esters is 1. The third-order valence-corrected chi connectivity index (χ3v) is 10.1. The number of rotatable bonds is 21. The van der Waals surface area contributed by atoms with Crippen molar-refractivity contribution in [2.45, 2.75) is 70.2 Å². The standard InChI is InChI=1S/C32H43IN4O9S2/c1-20-34-16-26(48-20)31(43)37-25(18-45-5)30(42)36-24(17-44-4)29(41)35-23(15-22-11-7-6-8-12-22)28(40)32(3,19-33)46-27(39)13-9-10-14-47-21(2)38/h6-8,11-12,16,23-25H,9-10,13-15,17-19H2,1-5H3,(H,35,41)(H,36,42)(H,37,43). The van der Waals surface area contributed by atoms with Crippen LogP contribution in [0.2, 0.25) is 0 Å². The number of carbonyl (C=O) groups excluding carboxylic acids is 6. The second-order valence-electron chi connectivity index (χ2n) is 11.0. The van der Waals surface area contributed by atoms with E-state index in [2.05, 4.69) is 20.9 Å². The summed E-state index contributed by atoms with van der Waals surface area (Å²) in [5.41, 5.74) is -0.823. The molecule has 0 aliphatic rings. The Morgan fingerprint density at radius 1 is 0.938 bits per heavy atom. The lowest BCUT2D eigenvalue weighted by Gasteiger charge is -2.31. The highest BCUT2D eigenvalue weighted by Gasteiger charge is 2.42. The number of ether oxygens (including phenoxy) is 3. The van der Waals surface area contributed by atoms with Crippen LogP contribution in [0.5, 0.6) is 0 Å². The third-order valence-electron chi connectivity index (χ3n) is 6.88. The largest absolute Gasteiger partial charge is 0.450 e. The average molecular weight is 819 g/mol. The zero-order valence-electron chi connectivity index (χ0n) is 27.7. The van der Waals surface area contributed by atoms with Crippen molar-refractivity contribution in [3.8, 4) is 0 Å². The van der Waals surface area contributed by atoms with Crippen LogP contribution in [0.4, 0.5) is 0 Å². The normalized spacial score (nSPS) is 14.1. The predicted molar refractivity (Wildman–Crippen MR) is 191 cm³/mol. The number of thiazole rings is 1. The first kappa shape index (κ1) is 41.2. The number of aromatic nitrogens is 1. The molecule has 13 nitrogen and oxygen atoms in total. The zero-order chi connectivity index (χ0) is 35.7. The van der Waals surface area contributed by atoms with Crippen molar-refractivity contribution >= 4 is 80.3 Å². The molecule has 264 valence electrons. The van der Waals surface area contributed by atoms with E-state index < -0.39 is 53.2 Å². The minimum atomic E-state index is -1.57. The number of nitrogens with one attached hydrogen (secondary N) is 3. The van der Waals surface area contributed by atoms with Gasteiger partial charge in [0.2, 0.25) is 11.8 Å². The second-order valence-corrected chi connectivity index (χ2v) is 14.3. The van der Waals surface area contributed by atoms with Crippen LogP contribution in [0.1, 0.15) is 53.4 Å². The molecule has 0 bridgehead atoms. The number of nitrogens with zero attached hydrogens (tertiary/aromatic N) is 1. The summed E-state index contributed by atoms with van der Waals surface area (Å²) in [5.74, 6) is -2.46. The summed E-state index contributed by atoms with van der Waals surface area (Å²) in [6.45, 7) is 4.31. The van der Waals surface area contributed by atoms with Crippen LogP contribution in [-0.2, 0) is 44.6 Å². The number of thioether (sulfide) groups is 1. The molecule has 0 saturated carbocycles. The van der Waals surface area contributed by atoms with Gasteiger partial charge in [-0.2, -0.15) is 0 Å². The summed E-state index contributed by atoms with van der Waals surface area (Å²) in [4.78, 5) is 82.0. The quantitative estimate of drug-likeness (QED) is 0.0731. The number of carbonyl (C=O) groups is 6. The number of aryl methyl sites for hydroxylation is 1. The van der Waals surface area contributed by atoms with Crippen molar-refractivity contribution in [2.24, 2.45) is 0 Å². The second kappa shape index (κ2) is 21.2. The molecule has 2 aromatic rings. The topological polar surface area (TPSA) is 179 Å². The fraction of sp³-hybridized carbons (Fsp3) is 0.531. The Morgan fingerprint density at radius 3 is 2.08 bits per heavy atom. The highest BCUT2D eigenvalue weighted by atomic mass is 127. The molecule has 1 aromatic carbocycles. The van der Waals surface area contributed by atoms with Crippen molar-refractivity contribution in [3.05, 3.63) is 52.0 Å². The zero-order valence-corrected chi connectivity index (χ0v) is 31.5. The number of benzene rings is 1. The first-order chi connectivity index (χ1) is 22.8. The Bertz CT molecular complexity index is 1390. The molecule has 3 amide bonds. The highest BCUT2D eigenvalue weighted by Crippen LogP contribution is 2.22. The molecule has 0 radical (unpaired) electrons. The van der Waals surface area contributed by atoms with Gasteiger partial charge in [0, 0.05) is 37.7 Å². The average Bonchev–Trinajstić information content (AvgIpc) is 3.49. The highest BCUT2D eigenvalue weighted by molar-refractivity contribution is 14.1. The van der Waals surface area contributed by atoms with Gasteiger partial charge >= 0.3 is 5.97 Å². The molecule has 0 spiro atoms. The lowest BCUT2D eigenvalue weighted by molar-refractivity contribution is -0.164. The number of ketones is 1. The lowest BCUT2D eigenvalue weighted by Crippen LogP contribution is -2.60. The van der Waals surface area contributed by atoms with E-state index in [1.165, 1.54) is 46.0 Å². The van der Waals surface area contributed by atoms with Gasteiger partial charge in [0.25, 0.3) is 5.91 Å². The molecule has 2 rings (SSSR count). The third kappa shape index (κ3) is 13.9. The number of hydrogen-bond acceptors (Lipinski definition) is 12. The fourth-order valence-electron chi connectivity index (χ4n) is 4.40. The molecular weight excluding hydrogens is 775 g/mol. The Morgan fingerprint density at radius 2 is 1.54 bits per heavy atom. The van der Waals surface area contributed by atoms with Gasteiger partial charge in [-0.3, -0.25) is 28.8 Å². The summed E-state index contributed by atoms with van der Waals surface area (Å²) in [7, 11) is 2.72. The van der Waals surface area contributed by atoms with Crippen molar-refractivity contribution in [1.82, 2.24) is 20.9 Å². The molecule has 1 aromatic heterocycles. The first-order valence-corrected chi connectivity index (χ1v) is 18.5. The molecule has 0 aliphatic carbocycles. The number of amides is 3. The maximum Gasteiger partial charge on any atom is 0.306 e. The summed E-state index contributed by atoms with van der Waals surface area (Å²) in [6, 6.07) is 5.48. The van der Waals surface area contributed by atoms with E-state index in [0.717, 1.165) is 16.9 Å². The molecule has 4 atom stereocenters. The minimum absolute atomic E-state index is 0.00279. The van der Waals surface area contributed by atoms with Crippen molar-refractivity contribution in [1.29, 1.82) is 0 Å². The number of hydrogen-bond donors (Lipinski definition) is 3. The van der Waals surface area contributed by atoms with Gasteiger partial charge in [-0.25, -0.2) is 4.98 Å². The number of halogens is 1. The number of unbranched alkanes of at least 4 members (excludes halogenated alkanes) is 1. The molecule has 16 heteroatoms. The monoisotopic (exact) mass is 818 g/mol. The molecule has 1 heterocycles. The number of methoxy groups -OCH3 is 2. The van der Waals surface area contributed by atoms with Gasteiger partial charge in [-0.15, -0.1) is 11.3 Å². The van der Waals surface area contributed by atoms with Crippen LogP contribution in [0, 0.1) is 6.92 Å². The smallest absolute Gasteiger partial charge is 0.306 e. The predicted octanol–water partition coefficient (Wildman–Crippen LogP) is 2.81. The van der Waals surface area contributed by atoms with E-state index >= 15 is 0 Å². The molecular formula is C32H43IN4O9S2. The minimum Gasteiger partial charge on any atom is -0.450 e. The lowest BCUT2D eigenvalue weighted by atomic mass is 9.91. The van der Waals surface area contributed by atoms with Crippen molar-refractivity contribution in [3.63, 3.8) is 0 Å². The fourth-order valence-corrected chi connectivity index (χ4v) is 6.25. The van der Waals surface area contributed by atoms with Crippen LogP contribution in [0.25, 0.3) is 0 Å². The Labute approximate surface area is 302 Å². The molecule has 0 fully saturated rings. The van der Waals surface area contributed by atoms with Gasteiger partial charge in [-0.05, 0) is 38.7 Å². The molecule has 4 unspecified atom stereocenters. The van der Waals surface area contributed by atoms with Crippen LogP contribution in [0.3, 0.4) is 0 Å². The van der Waals surface area contributed by atoms with Gasteiger partial charge < -0.3 is 30.2 Å². The van der Waals surface area contributed by atoms with Crippen LogP contribution in [0.15, 0.2) is 36.5 Å². The van der Waals surface area contributed by atoms with Crippen LogP contribution < -0.4 is 16.0 Å². The van der Waals surface area contributed by atoms with Crippen molar-refractivity contribution < 1.29 is 43.0 Å². The molecule has 3 N–H and O–H groups in total. The molecule has 48 heavy (non-hydrogen) atoms. The van der Waals surface area contributed by atoms with E-state index in [-0.39, 0.29) is 35.6 Å². The first-order valence-electron chi connectivity index (χ1n) is 15.1. The van der Waals surface area contributed by atoms with Crippen LogP contribution >= 0.6 is 45.7 Å². The van der Waals surface area contributed by atoms with Gasteiger partial charge in [0.15, 0.2) is 16.5 Å². The SMILES string of the molecule is COCC(NC(=O)c1cnc(C)s1)C(=O)NC(COC)C(=O)NC(Cc1ccccc1)C(=O)C(C)(CI)OC(=O)CCCCSC(C)=O. The van der Waals surface area contributed by atoms with Gasteiger partial charge in [0.1, 0.15) is 17.0 Å². The van der Waals surface area contributed by atoms with Crippen LogP contribution in [-0.4, -0.2) is 101 Å². The summed E-state index contributed by atoms with van der Waals surface area (Å²) < 4.78 is 16.2. The maximum absolute atomic E-state index is 14.1. The number of Topliss-reactive ketones (excluding diaryl/α,β-unsaturated/α-hetero) is 1. The Balaban J connectivity index is 2.22. The molecule has 0 saturated heterocycles. The van der Waals surface area contributed by atoms with E-state index in [1.807, 2.05) is 28.7 Å². The van der Waals surface area contributed by atoms with E-state index in [4.69, 9.17) is 14.2 Å². The summed E-state index contributed by atoms with van der Waals surface area (Å²) in [6.07, 6.45) is 2.67. The summed E-state index contributed by atoms with van der Waals surface area (Å²) in [5, 5.41) is 8.62. The molecule has 0 aliphatic heterocycles. The van der Waals surface area contributed by atoms with E-state index in [9.17, 15) is 28.8 Å². The Hall–Kier alpha value is -2.93. The van der Waals surface area contributed by atoms with Gasteiger partial charge in [0.05, 0.1) is 30.5 Å². The van der Waals surface area contributed by atoms with Gasteiger partial charge in [-0.1, -0.05) is 64.7 Å². The maximum atomic E-state index is 14.1. The van der Waals surface area contributed by atoms with Crippen molar-refractivity contribution in [2.75, 3.05) is 37.6 Å². The van der Waals surface area contributed by atoms with E-state index in [0.29, 0.717) is 28.5 Å². The summed E-state index contributed by atoms with van der Waals surface area (Å²) >= 11 is 4.31. The van der Waals surface area contributed by atoms with E-state index in [1.54, 1.807) is 31.2 Å². The number of alkyl halides is 1. The Kier molecular flexibility index (Phi) is 18.2.